The first kappa shape index (κ1) is 15.5. The zero-order chi connectivity index (χ0) is 15.1. The Morgan fingerprint density at radius 2 is 2.05 bits per heavy atom. The maximum absolute atomic E-state index is 11.8. The summed E-state index contributed by atoms with van der Waals surface area (Å²) < 4.78 is 0. The van der Waals surface area contributed by atoms with Gasteiger partial charge in [0, 0.05) is 18.2 Å². The third-order valence-electron chi connectivity index (χ3n) is 3.46. The molecule has 3 N–H and O–H groups in total. The predicted octanol–water partition coefficient (Wildman–Crippen LogP) is 0.131. The minimum Gasteiger partial charge on any atom is -0.313 e. The van der Waals surface area contributed by atoms with Crippen LogP contribution in [0.4, 0.5) is 0 Å². The molecule has 6 heteroatoms. The van der Waals surface area contributed by atoms with E-state index in [1.165, 1.54) is 6.42 Å². The molecule has 1 aromatic rings. The van der Waals surface area contributed by atoms with E-state index in [9.17, 15) is 9.59 Å². The average Bonchev–Trinajstić information content (AvgIpc) is 2.98. The van der Waals surface area contributed by atoms with Crippen molar-refractivity contribution in [1.29, 1.82) is 0 Å². The lowest BCUT2D eigenvalue weighted by Crippen LogP contribution is -2.47. The summed E-state index contributed by atoms with van der Waals surface area (Å²) in [6.07, 6.45) is 2.34. The molecule has 1 saturated heterocycles. The maximum atomic E-state index is 11.8. The quantitative estimate of drug-likeness (QED) is 0.674. The van der Waals surface area contributed by atoms with Crippen LogP contribution in [0.25, 0.3) is 0 Å². The van der Waals surface area contributed by atoms with Crippen LogP contribution >= 0.6 is 0 Å². The first-order valence-electron chi connectivity index (χ1n) is 7.21. The van der Waals surface area contributed by atoms with Crippen molar-refractivity contribution < 1.29 is 9.59 Å². The van der Waals surface area contributed by atoms with Crippen LogP contribution in [-0.2, 0) is 4.79 Å². The highest BCUT2D eigenvalue weighted by atomic mass is 16.2. The van der Waals surface area contributed by atoms with Gasteiger partial charge in [-0.2, -0.15) is 0 Å². The van der Waals surface area contributed by atoms with Crippen LogP contribution in [0, 0.1) is 0 Å². The summed E-state index contributed by atoms with van der Waals surface area (Å²) >= 11 is 0. The molecule has 2 amide bonds. The standard InChI is InChI=1S/C15H22N4O2/c1-19(10-13-8-5-9-16-13)11-14(20)17-18-15(21)12-6-3-2-4-7-12/h2-4,6-7,13,16H,5,8-11H2,1H3,(H,17,20)(H,18,21). The molecular weight excluding hydrogens is 268 g/mol. The van der Waals surface area contributed by atoms with Gasteiger partial charge in [-0.15, -0.1) is 0 Å². The monoisotopic (exact) mass is 290 g/mol. The van der Waals surface area contributed by atoms with Gasteiger partial charge in [0.25, 0.3) is 11.8 Å². The van der Waals surface area contributed by atoms with Crippen LogP contribution in [0.1, 0.15) is 23.2 Å². The van der Waals surface area contributed by atoms with Gasteiger partial charge in [-0.05, 0) is 38.6 Å². The summed E-state index contributed by atoms with van der Waals surface area (Å²) in [5.74, 6) is -0.538. The van der Waals surface area contributed by atoms with Gasteiger partial charge in [0.15, 0.2) is 0 Å². The summed E-state index contributed by atoms with van der Waals surface area (Å²) in [5, 5.41) is 3.39. The molecule has 0 spiro atoms. The number of nitrogens with one attached hydrogen (secondary N) is 3. The van der Waals surface area contributed by atoms with Gasteiger partial charge in [0.1, 0.15) is 0 Å². The highest BCUT2D eigenvalue weighted by molar-refractivity contribution is 5.95. The maximum Gasteiger partial charge on any atom is 0.269 e. The van der Waals surface area contributed by atoms with E-state index >= 15 is 0 Å². The Labute approximate surface area is 124 Å². The fraction of sp³-hybridized carbons (Fsp3) is 0.467. The molecule has 0 saturated carbocycles. The lowest BCUT2D eigenvalue weighted by Gasteiger charge is -2.20. The first-order chi connectivity index (χ1) is 10.1. The van der Waals surface area contributed by atoms with Gasteiger partial charge in [-0.1, -0.05) is 18.2 Å². The number of nitrogens with zero attached hydrogens (tertiary/aromatic N) is 1. The minimum atomic E-state index is -0.316. The zero-order valence-corrected chi connectivity index (χ0v) is 12.3. The van der Waals surface area contributed by atoms with Crippen molar-refractivity contribution >= 4 is 11.8 Å². The van der Waals surface area contributed by atoms with Crippen LogP contribution < -0.4 is 16.2 Å². The number of benzene rings is 1. The number of hydrogen-bond donors (Lipinski definition) is 3. The Morgan fingerprint density at radius 1 is 1.29 bits per heavy atom. The zero-order valence-electron chi connectivity index (χ0n) is 12.3. The Hall–Kier alpha value is -1.92. The van der Waals surface area contributed by atoms with E-state index in [2.05, 4.69) is 16.2 Å². The van der Waals surface area contributed by atoms with Crippen molar-refractivity contribution in [2.45, 2.75) is 18.9 Å². The SMILES string of the molecule is CN(CC(=O)NNC(=O)c1ccccc1)CC1CCCN1. The molecule has 1 aliphatic rings. The van der Waals surface area contributed by atoms with Crippen molar-refractivity contribution in [3.05, 3.63) is 35.9 Å². The smallest absolute Gasteiger partial charge is 0.269 e. The van der Waals surface area contributed by atoms with Gasteiger partial charge in [0.05, 0.1) is 6.54 Å². The van der Waals surface area contributed by atoms with Gasteiger partial charge < -0.3 is 5.32 Å². The first-order valence-corrected chi connectivity index (χ1v) is 7.21. The van der Waals surface area contributed by atoms with Crippen molar-refractivity contribution in [3.8, 4) is 0 Å². The van der Waals surface area contributed by atoms with Crippen LogP contribution in [0.5, 0.6) is 0 Å². The molecule has 0 aliphatic carbocycles. The Bertz CT molecular complexity index is 472. The van der Waals surface area contributed by atoms with Crippen molar-refractivity contribution in [2.75, 3.05) is 26.7 Å². The second kappa shape index (κ2) is 7.75. The second-order valence-electron chi connectivity index (χ2n) is 5.36. The number of hydrazine groups is 1. The topological polar surface area (TPSA) is 73.5 Å². The van der Waals surface area contributed by atoms with E-state index in [1.807, 2.05) is 18.0 Å². The second-order valence-corrected chi connectivity index (χ2v) is 5.36. The summed E-state index contributed by atoms with van der Waals surface area (Å²) in [7, 11) is 1.90. The molecule has 1 atom stereocenters. The minimum absolute atomic E-state index is 0.222. The van der Waals surface area contributed by atoms with Crippen molar-refractivity contribution in [2.24, 2.45) is 0 Å². The van der Waals surface area contributed by atoms with E-state index in [0.717, 1.165) is 19.5 Å². The summed E-state index contributed by atoms with van der Waals surface area (Å²) in [4.78, 5) is 25.5. The number of likely N-dealkylation sites (N-methyl/N-ethyl adjacent to an activating group) is 1. The molecule has 114 valence electrons. The largest absolute Gasteiger partial charge is 0.313 e. The molecule has 1 fully saturated rings. The van der Waals surface area contributed by atoms with E-state index < -0.39 is 0 Å². The molecular formula is C15H22N4O2. The predicted molar refractivity (Wildman–Crippen MR) is 80.6 cm³/mol. The number of rotatable bonds is 5. The molecule has 1 aromatic carbocycles. The number of hydrogen-bond acceptors (Lipinski definition) is 4. The molecule has 1 aliphatic heterocycles. The third-order valence-corrected chi connectivity index (χ3v) is 3.46. The number of carbonyl (C=O) groups excluding carboxylic acids is 2. The number of amides is 2. The van der Waals surface area contributed by atoms with Gasteiger partial charge in [-0.3, -0.25) is 25.3 Å². The van der Waals surface area contributed by atoms with Crippen LogP contribution in [0.15, 0.2) is 30.3 Å². The van der Waals surface area contributed by atoms with Crippen molar-refractivity contribution in [3.63, 3.8) is 0 Å². The molecule has 21 heavy (non-hydrogen) atoms. The van der Waals surface area contributed by atoms with Gasteiger partial charge in [-0.25, -0.2) is 0 Å². The molecule has 2 rings (SSSR count). The van der Waals surface area contributed by atoms with Crippen molar-refractivity contribution in [1.82, 2.24) is 21.1 Å². The Morgan fingerprint density at radius 3 is 2.71 bits per heavy atom. The van der Waals surface area contributed by atoms with Crippen LogP contribution in [0.3, 0.4) is 0 Å². The lowest BCUT2D eigenvalue weighted by atomic mass is 10.2. The van der Waals surface area contributed by atoms with E-state index in [1.54, 1.807) is 24.3 Å². The molecule has 0 bridgehead atoms. The van der Waals surface area contributed by atoms with Gasteiger partial charge in [0.2, 0.25) is 0 Å². The highest BCUT2D eigenvalue weighted by Gasteiger charge is 2.17. The highest BCUT2D eigenvalue weighted by Crippen LogP contribution is 2.05. The molecule has 0 aromatic heterocycles. The molecule has 1 unspecified atom stereocenters. The summed E-state index contributed by atoms with van der Waals surface area (Å²) in [6.45, 7) is 2.14. The lowest BCUT2D eigenvalue weighted by molar-refractivity contribution is -0.122. The number of carbonyl (C=O) groups is 2. The summed E-state index contributed by atoms with van der Waals surface area (Å²) in [5.41, 5.74) is 5.37. The third kappa shape index (κ3) is 5.17. The van der Waals surface area contributed by atoms with Crippen LogP contribution in [0.2, 0.25) is 0 Å². The average molecular weight is 290 g/mol. The van der Waals surface area contributed by atoms with E-state index in [4.69, 9.17) is 0 Å². The molecule has 6 nitrogen and oxygen atoms in total. The molecule has 0 radical (unpaired) electrons. The Kier molecular flexibility index (Phi) is 5.71. The van der Waals surface area contributed by atoms with E-state index in [-0.39, 0.29) is 18.4 Å². The van der Waals surface area contributed by atoms with Gasteiger partial charge >= 0.3 is 0 Å². The fourth-order valence-corrected chi connectivity index (χ4v) is 2.43. The summed E-state index contributed by atoms with van der Waals surface area (Å²) in [6, 6.07) is 9.24. The normalized spacial score (nSPS) is 17.7. The van der Waals surface area contributed by atoms with Crippen LogP contribution in [-0.4, -0.2) is 49.4 Å². The molecule has 1 heterocycles. The van der Waals surface area contributed by atoms with E-state index in [0.29, 0.717) is 11.6 Å². The Balaban J connectivity index is 1.68. The fourth-order valence-electron chi connectivity index (χ4n) is 2.43.